The zero-order chi connectivity index (χ0) is 10.8. The Kier molecular flexibility index (Phi) is 2.86. The first kappa shape index (κ1) is 10.7. The Bertz CT molecular complexity index is 321. The van der Waals surface area contributed by atoms with E-state index in [-0.39, 0.29) is 5.56 Å². The molecule has 0 amide bonds. The zero-order valence-electron chi connectivity index (χ0n) is 7.64. The first-order valence-electron chi connectivity index (χ1n) is 4.11. The molecule has 1 aromatic carbocycles. The third-order valence-electron chi connectivity index (χ3n) is 2.07. The number of hydrogen-bond donors (Lipinski definition) is 2. The second kappa shape index (κ2) is 3.75. The van der Waals surface area contributed by atoms with Gasteiger partial charge in [-0.25, -0.2) is 9.18 Å². The summed E-state index contributed by atoms with van der Waals surface area (Å²) in [6.07, 6.45) is -2.33. The molecule has 3 nitrogen and oxygen atoms in total. The number of carboxylic acid groups (broad SMARTS) is 1. The molecule has 0 heterocycles. The lowest BCUT2D eigenvalue weighted by Crippen LogP contribution is -2.39. The number of benzene rings is 1. The van der Waals surface area contributed by atoms with E-state index in [1.165, 1.54) is 12.1 Å². The first-order chi connectivity index (χ1) is 6.46. The molecule has 14 heavy (non-hydrogen) atoms. The van der Waals surface area contributed by atoms with E-state index in [1.807, 2.05) is 0 Å². The van der Waals surface area contributed by atoms with Crippen LogP contribution in [0.3, 0.4) is 0 Å². The highest BCUT2D eigenvalue weighted by molar-refractivity contribution is 5.74. The van der Waals surface area contributed by atoms with Crippen LogP contribution in [0.2, 0.25) is 0 Å². The summed E-state index contributed by atoms with van der Waals surface area (Å²) >= 11 is 0. The minimum absolute atomic E-state index is 0.245. The van der Waals surface area contributed by atoms with Gasteiger partial charge in [-0.2, -0.15) is 0 Å². The molecule has 0 aliphatic rings. The monoisotopic (exact) mass is 198 g/mol. The number of alkyl halides is 1. The predicted molar refractivity (Wildman–Crippen MR) is 48.5 cm³/mol. The minimum atomic E-state index is -2.33. The van der Waals surface area contributed by atoms with Gasteiger partial charge in [-0.15, -0.1) is 0 Å². The Morgan fingerprint density at radius 2 is 1.93 bits per heavy atom. The second-order valence-electron chi connectivity index (χ2n) is 3.21. The standard InChI is InChI=1S/C10H11FO3/c1-10(14,8(11)9(12)13)7-5-3-2-4-6-7/h2-6,8,14H,1H3,(H,12,13)/t8-,10+/m0/s1. The van der Waals surface area contributed by atoms with Crippen molar-refractivity contribution in [2.45, 2.75) is 18.7 Å². The second-order valence-corrected chi connectivity index (χ2v) is 3.21. The van der Waals surface area contributed by atoms with E-state index >= 15 is 0 Å². The molecule has 0 aliphatic carbocycles. The molecule has 0 unspecified atom stereocenters. The Labute approximate surface area is 80.8 Å². The summed E-state index contributed by atoms with van der Waals surface area (Å²) in [4.78, 5) is 10.4. The summed E-state index contributed by atoms with van der Waals surface area (Å²) in [5.74, 6) is -1.67. The average Bonchev–Trinajstić information content (AvgIpc) is 2.18. The molecule has 0 radical (unpaired) electrons. The van der Waals surface area contributed by atoms with Gasteiger partial charge in [0.05, 0.1) is 0 Å². The molecule has 1 rings (SSSR count). The Morgan fingerprint density at radius 3 is 2.36 bits per heavy atom. The fraction of sp³-hybridized carbons (Fsp3) is 0.300. The molecule has 0 aliphatic heterocycles. The molecule has 0 spiro atoms. The van der Waals surface area contributed by atoms with Gasteiger partial charge >= 0.3 is 5.97 Å². The molecule has 2 N–H and O–H groups in total. The van der Waals surface area contributed by atoms with Gasteiger partial charge < -0.3 is 10.2 Å². The van der Waals surface area contributed by atoms with Crippen molar-refractivity contribution in [2.24, 2.45) is 0 Å². The van der Waals surface area contributed by atoms with Crippen molar-refractivity contribution in [1.29, 1.82) is 0 Å². The van der Waals surface area contributed by atoms with Crippen molar-refractivity contribution in [3.05, 3.63) is 35.9 Å². The van der Waals surface area contributed by atoms with Crippen LogP contribution in [-0.2, 0) is 10.4 Å². The first-order valence-corrected chi connectivity index (χ1v) is 4.11. The van der Waals surface area contributed by atoms with Crippen molar-refractivity contribution in [3.63, 3.8) is 0 Å². The van der Waals surface area contributed by atoms with Crippen LogP contribution in [0.25, 0.3) is 0 Å². The molecule has 0 aromatic heterocycles. The number of aliphatic hydroxyl groups is 1. The van der Waals surface area contributed by atoms with Gasteiger partial charge in [0.15, 0.2) is 0 Å². The lowest BCUT2D eigenvalue weighted by Gasteiger charge is -2.24. The number of rotatable bonds is 3. The van der Waals surface area contributed by atoms with Gasteiger partial charge in [0.1, 0.15) is 5.60 Å². The summed E-state index contributed by atoms with van der Waals surface area (Å²) < 4.78 is 13.1. The van der Waals surface area contributed by atoms with E-state index in [1.54, 1.807) is 18.2 Å². The SMILES string of the molecule is C[C@@](O)(c1ccccc1)[C@@H](F)C(=O)O. The van der Waals surface area contributed by atoms with Crippen LogP contribution in [0.15, 0.2) is 30.3 Å². The van der Waals surface area contributed by atoms with E-state index in [0.29, 0.717) is 0 Å². The van der Waals surface area contributed by atoms with Gasteiger partial charge in [0.25, 0.3) is 0 Å². The minimum Gasteiger partial charge on any atom is -0.479 e. The third-order valence-corrected chi connectivity index (χ3v) is 2.07. The van der Waals surface area contributed by atoms with E-state index in [0.717, 1.165) is 6.92 Å². The maximum atomic E-state index is 13.1. The summed E-state index contributed by atoms with van der Waals surface area (Å²) in [6.45, 7) is 1.14. The van der Waals surface area contributed by atoms with Crippen molar-refractivity contribution in [1.82, 2.24) is 0 Å². The van der Waals surface area contributed by atoms with Gasteiger partial charge in [0, 0.05) is 0 Å². The summed E-state index contributed by atoms with van der Waals surface area (Å²) in [5, 5.41) is 18.1. The Morgan fingerprint density at radius 1 is 1.43 bits per heavy atom. The highest BCUT2D eigenvalue weighted by Crippen LogP contribution is 2.26. The van der Waals surface area contributed by atoms with Gasteiger partial charge in [-0.3, -0.25) is 0 Å². The summed E-state index contributed by atoms with van der Waals surface area (Å²) in [6, 6.07) is 7.88. The molecule has 0 saturated heterocycles. The molecule has 76 valence electrons. The number of hydrogen-bond acceptors (Lipinski definition) is 2. The molecular weight excluding hydrogens is 187 g/mol. The van der Waals surface area contributed by atoms with Crippen molar-refractivity contribution in [2.75, 3.05) is 0 Å². The zero-order valence-corrected chi connectivity index (χ0v) is 7.64. The fourth-order valence-electron chi connectivity index (χ4n) is 1.16. The fourth-order valence-corrected chi connectivity index (χ4v) is 1.16. The number of carbonyl (C=O) groups is 1. The maximum Gasteiger partial charge on any atom is 0.341 e. The van der Waals surface area contributed by atoms with Crippen LogP contribution in [-0.4, -0.2) is 22.4 Å². The van der Waals surface area contributed by atoms with Crippen LogP contribution in [0.4, 0.5) is 4.39 Å². The maximum absolute atomic E-state index is 13.1. The Hall–Kier alpha value is -1.42. The largest absolute Gasteiger partial charge is 0.479 e. The summed E-state index contributed by atoms with van der Waals surface area (Å²) in [5.41, 5.74) is -1.75. The lowest BCUT2D eigenvalue weighted by molar-refractivity contribution is -0.153. The van der Waals surface area contributed by atoms with Crippen molar-refractivity contribution in [3.8, 4) is 0 Å². The molecule has 4 heteroatoms. The van der Waals surface area contributed by atoms with Crippen LogP contribution in [0.1, 0.15) is 12.5 Å². The molecular formula is C10H11FO3. The van der Waals surface area contributed by atoms with Gasteiger partial charge in [-0.05, 0) is 12.5 Å². The molecule has 0 saturated carbocycles. The smallest absolute Gasteiger partial charge is 0.341 e. The van der Waals surface area contributed by atoms with Crippen LogP contribution in [0, 0.1) is 0 Å². The highest BCUT2D eigenvalue weighted by Gasteiger charge is 2.39. The van der Waals surface area contributed by atoms with E-state index in [4.69, 9.17) is 5.11 Å². The normalized spacial score (nSPS) is 17.1. The van der Waals surface area contributed by atoms with E-state index in [9.17, 15) is 14.3 Å². The van der Waals surface area contributed by atoms with Crippen LogP contribution < -0.4 is 0 Å². The van der Waals surface area contributed by atoms with Crippen LogP contribution >= 0.6 is 0 Å². The molecule has 0 fully saturated rings. The molecule has 2 atom stereocenters. The van der Waals surface area contributed by atoms with E-state index in [2.05, 4.69) is 0 Å². The average molecular weight is 198 g/mol. The summed E-state index contributed by atoms with van der Waals surface area (Å²) in [7, 11) is 0. The van der Waals surface area contributed by atoms with Crippen LogP contribution in [0.5, 0.6) is 0 Å². The van der Waals surface area contributed by atoms with Gasteiger partial charge in [-0.1, -0.05) is 30.3 Å². The third kappa shape index (κ3) is 1.90. The quantitative estimate of drug-likeness (QED) is 0.770. The van der Waals surface area contributed by atoms with E-state index < -0.39 is 17.7 Å². The predicted octanol–water partition coefficient (Wildman–Crippen LogP) is 1.32. The number of halogens is 1. The van der Waals surface area contributed by atoms with Crippen molar-refractivity contribution < 1.29 is 19.4 Å². The van der Waals surface area contributed by atoms with Gasteiger partial charge in [0.2, 0.25) is 6.17 Å². The number of carboxylic acids is 1. The number of aliphatic carboxylic acids is 1. The highest BCUT2D eigenvalue weighted by atomic mass is 19.1. The molecule has 1 aromatic rings. The molecule has 0 bridgehead atoms. The topological polar surface area (TPSA) is 57.5 Å². The Balaban J connectivity index is 3.02. The van der Waals surface area contributed by atoms with Crippen molar-refractivity contribution >= 4 is 5.97 Å². The lowest BCUT2D eigenvalue weighted by atomic mass is 9.91.